The Morgan fingerprint density at radius 2 is 2.00 bits per heavy atom. The first-order chi connectivity index (χ1) is 8.86. The van der Waals surface area contributed by atoms with Crippen molar-refractivity contribution in [2.45, 2.75) is 25.7 Å². The smallest absolute Gasteiger partial charge is 0.197 e. The number of methoxy groups -OCH3 is 1. The summed E-state index contributed by atoms with van der Waals surface area (Å²) in [6, 6.07) is 9.97. The molecule has 0 saturated heterocycles. The molecule has 2 aromatic rings. The monoisotopic (exact) mass is 243 g/mol. The zero-order chi connectivity index (χ0) is 12.4. The molecule has 3 nitrogen and oxygen atoms in total. The second-order valence-corrected chi connectivity index (χ2v) is 4.59. The van der Waals surface area contributed by atoms with E-state index >= 15 is 0 Å². The standard InChI is InChI=1S/C15H17NO2/c1-17-14-9-5-3-7-12(14)16-15-10-11-6-2-4-8-13(11)18-15/h3,5,7,9-10,16H,2,4,6,8H2,1H3. The highest BCUT2D eigenvalue weighted by molar-refractivity contribution is 5.63. The van der Waals surface area contributed by atoms with Crippen LogP contribution in [0, 0.1) is 0 Å². The molecule has 1 aromatic carbocycles. The Kier molecular flexibility index (Phi) is 2.97. The van der Waals surface area contributed by atoms with Crippen LogP contribution in [0.2, 0.25) is 0 Å². The van der Waals surface area contributed by atoms with Crippen LogP contribution in [-0.4, -0.2) is 7.11 Å². The Bertz CT molecular complexity index is 522. The predicted octanol–water partition coefficient (Wildman–Crippen LogP) is 3.91. The lowest BCUT2D eigenvalue weighted by molar-refractivity contribution is 0.416. The van der Waals surface area contributed by atoms with Crippen LogP contribution in [0.25, 0.3) is 0 Å². The van der Waals surface area contributed by atoms with Gasteiger partial charge < -0.3 is 14.5 Å². The lowest BCUT2D eigenvalue weighted by Gasteiger charge is -2.08. The second kappa shape index (κ2) is 4.77. The van der Waals surface area contributed by atoms with E-state index in [0.717, 1.165) is 35.9 Å². The summed E-state index contributed by atoms with van der Waals surface area (Å²) in [4.78, 5) is 0. The van der Waals surface area contributed by atoms with Crippen LogP contribution < -0.4 is 10.1 Å². The zero-order valence-electron chi connectivity index (χ0n) is 10.5. The van der Waals surface area contributed by atoms with Gasteiger partial charge >= 0.3 is 0 Å². The quantitative estimate of drug-likeness (QED) is 0.887. The van der Waals surface area contributed by atoms with Crippen molar-refractivity contribution in [3.8, 4) is 5.75 Å². The summed E-state index contributed by atoms with van der Waals surface area (Å²) < 4.78 is 11.2. The van der Waals surface area contributed by atoms with E-state index in [1.165, 1.54) is 18.4 Å². The molecule has 94 valence electrons. The van der Waals surface area contributed by atoms with Gasteiger partial charge in [0.1, 0.15) is 11.5 Å². The van der Waals surface area contributed by atoms with Crippen molar-refractivity contribution in [2.75, 3.05) is 12.4 Å². The van der Waals surface area contributed by atoms with Crippen molar-refractivity contribution in [3.63, 3.8) is 0 Å². The molecule has 0 radical (unpaired) electrons. The van der Waals surface area contributed by atoms with Crippen molar-refractivity contribution in [1.29, 1.82) is 0 Å². The van der Waals surface area contributed by atoms with Crippen molar-refractivity contribution in [1.82, 2.24) is 0 Å². The number of ether oxygens (including phenoxy) is 1. The molecule has 0 spiro atoms. The molecular formula is C15H17NO2. The molecular weight excluding hydrogens is 226 g/mol. The second-order valence-electron chi connectivity index (χ2n) is 4.59. The maximum absolute atomic E-state index is 5.84. The maximum Gasteiger partial charge on any atom is 0.197 e. The van der Waals surface area contributed by atoms with E-state index in [9.17, 15) is 0 Å². The molecule has 1 heterocycles. The van der Waals surface area contributed by atoms with Gasteiger partial charge in [-0.1, -0.05) is 12.1 Å². The van der Waals surface area contributed by atoms with Crippen LogP contribution in [0.5, 0.6) is 5.75 Å². The molecule has 18 heavy (non-hydrogen) atoms. The Labute approximate surface area is 107 Å². The number of nitrogens with one attached hydrogen (secondary N) is 1. The van der Waals surface area contributed by atoms with Gasteiger partial charge in [-0.25, -0.2) is 0 Å². The van der Waals surface area contributed by atoms with E-state index in [4.69, 9.17) is 9.15 Å². The Balaban J connectivity index is 1.85. The Morgan fingerprint density at radius 1 is 1.17 bits per heavy atom. The molecule has 0 fully saturated rings. The molecule has 0 saturated carbocycles. The number of para-hydroxylation sites is 2. The third-order valence-corrected chi connectivity index (χ3v) is 3.36. The van der Waals surface area contributed by atoms with Crippen LogP contribution in [0.3, 0.4) is 0 Å². The fourth-order valence-electron chi connectivity index (χ4n) is 2.43. The van der Waals surface area contributed by atoms with E-state index in [0.29, 0.717) is 0 Å². The van der Waals surface area contributed by atoms with Gasteiger partial charge in [-0.2, -0.15) is 0 Å². The third kappa shape index (κ3) is 2.08. The van der Waals surface area contributed by atoms with Crippen molar-refractivity contribution < 1.29 is 9.15 Å². The molecule has 0 bridgehead atoms. The topological polar surface area (TPSA) is 34.4 Å². The summed E-state index contributed by atoms with van der Waals surface area (Å²) in [6.07, 6.45) is 4.69. The molecule has 0 aliphatic heterocycles. The maximum atomic E-state index is 5.84. The minimum absolute atomic E-state index is 0.811. The van der Waals surface area contributed by atoms with Gasteiger partial charge in [0.15, 0.2) is 5.88 Å². The summed E-state index contributed by atoms with van der Waals surface area (Å²) in [5, 5.41) is 3.29. The van der Waals surface area contributed by atoms with Gasteiger partial charge in [-0.3, -0.25) is 0 Å². The van der Waals surface area contributed by atoms with Crippen LogP contribution in [0.15, 0.2) is 34.7 Å². The summed E-state index contributed by atoms with van der Waals surface area (Å²) in [7, 11) is 1.67. The van der Waals surface area contributed by atoms with Gasteiger partial charge in [0.2, 0.25) is 0 Å². The first-order valence-electron chi connectivity index (χ1n) is 6.38. The Morgan fingerprint density at radius 3 is 2.83 bits per heavy atom. The molecule has 3 heteroatoms. The van der Waals surface area contributed by atoms with Gasteiger partial charge in [-0.05, 0) is 37.0 Å². The fraction of sp³-hybridized carbons (Fsp3) is 0.333. The van der Waals surface area contributed by atoms with Crippen molar-refractivity contribution in [2.24, 2.45) is 0 Å². The van der Waals surface area contributed by atoms with E-state index in [2.05, 4.69) is 11.4 Å². The number of fused-ring (bicyclic) bond motifs is 1. The van der Waals surface area contributed by atoms with Crippen LogP contribution in [0.1, 0.15) is 24.2 Å². The zero-order valence-corrected chi connectivity index (χ0v) is 10.5. The number of rotatable bonds is 3. The lowest BCUT2D eigenvalue weighted by Crippen LogP contribution is -1.97. The molecule has 3 rings (SSSR count). The molecule has 0 atom stereocenters. The number of aryl methyl sites for hydroxylation is 2. The van der Waals surface area contributed by atoms with Gasteiger partial charge in [0.25, 0.3) is 0 Å². The van der Waals surface area contributed by atoms with Gasteiger partial charge in [0, 0.05) is 12.5 Å². The van der Waals surface area contributed by atoms with Gasteiger partial charge in [-0.15, -0.1) is 0 Å². The Hall–Kier alpha value is -1.90. The average Bonchev–Trinajstić information content (AvgIpc) is 2.81. The number of hydrogen-bond acceptors (Lipinski definition) is 3. The fourth-order valence-corrected chi connectivity index (χ4v) is 2.43. The molecule has 1 aliphatic rings. The molecule has 0 unspecified atom stereocenters. The number of anilines is 2. The number of benzene rings is 1. The van der Waals surface area contributed by atoms with E-state index in [1.54, 1.807) is 7.11 Å². The predicted molar refractivity (Wildman–Crippen MR) is 71.6 cm³/mol. The SMILES string of the molecule is COc1ccccc1Nc1cc2c(o1)CCCC2. The van der Waals surface area contributed by atoms with Crippen LogP contribution in [-0.2, 0) is 12.8 Å². The minimum Gasteiger partial charge on any atom is -0.495 e. The highest BCUT2D eigenvalue weighted by atomic mass is 16.5. The van der Waals surface area contributed by atoms with E-state index in [-0.39, 0.29) is 0 Å². The highest BCUT2D eigenvalue weighted by Crippen LogP contribution is 2.32. The van der Waals surface area contributed by atoms with E-state index in [1.807, 2.05) is 24.3 Å². The average molecular weight is 243 g/mol. The normalized spacial score (nSPS) is 14.1. The number of furan rings is 1. The summed E-state index contributed by atoms with van der Waals surface area (Å²) in [6.45, 7) is 0. The van der Waals surface area contributed by atoms with Crippen LogP contribution >= 0.6 is 0 Å². The summed E-state index contributed by atoms with van der Waals surface area (Å²) in [5.41, 5.74) is 2.28. The lowest BCUT2D eigenvalue weighted by atomic mass is 9.99. The van der Waals surface area contributed by atoms with Crippen LogP contribution in [0.4, 0.5) is 11.6 Å². The third-order valence-electron chi connectivity index (χ3n) is 3.36. The number of hydrogen-bond donors (Lipinski definition) is 1. The highest BCUT2D eigenvalue weighted by Gasteiger charge is 2.15. The largest absolute Gasteiger partial charge is 0.495 e. The van der Waals surface area contributed by atoms with E-state index < -0.39 is 0 Å². The summed E-state index contributed by atoms with van der Waals surface area (Å²) >= 11 is 0. The molecule has 1 aliphatic carbocycles. The molecule has 1 aromatic heterocycles. The molecule has 1 N–H and O–H groups in total. The van der Waals surface area contributed by atoms with Crippen molar-refractivity contribution >= 4 is 11.6 Å². The van der Waals surface area contributed by atoms with Gasteiger partial charge in [0.05, 0.1) is 12.8 Å². The summed E-state index contributed by atoms with van der Waals surface area (Å²) in [5.74, 6) is 2.77. The first-order valence-corrected chi connectivity index (χ1v) is 6.38. The molecule has 0 amide bonds. The first kappa shape index (κ1) is 11.2. The minimum atomic E-state index is 0.811. The van der Waals surface area contributed by atoms with Crippen molar-refractivity contribution in [3.05, 3.63) is 41.7 Å².